The van der Waals surface area contributed by atoms with Crippen molar-refractivity contribution in [2.24, 2.45) is 0 Å². The van der Waals surface area contributed by atoms with Crippen LogP contribution in [0.2, 0.25) is 0 Å². The molecule has 0 radical (unpaired) electrons. The lowest BCUT2D eigenvalue weighted by molar-refractivity contribution is 0.240. The van der Waals surface area contributed by atoms with E-state index >= 15 is 0 Å². The third kappa shape index (κ3) is 4.86. The zero-order valence-corrected chi connectivity index (χ0v) is 12.2. The van der Waals surface area contributed by atoms with Crippen molar-refractivity contribution in [3.8, 4) is 0 Å². The molecule has 0 spiro atoms. The number of carbonyl (C=O) groups excluding carboxylic acids is 1. The molecule has 0 aliphatic rings. The molecule has 0 atom stereocenters. The van der Waals surface area contributed by atoms with E-state index in [1.54, 1.807) is 18.2 Å². The number of hydrogen-bond acceptors (Lipinski definition) is 2. The van der Waals surface area contributed by atoms with E-state index in [9.17, 15) is 9.18 Å². The SMILES string of the molecule is O=C(NCCc1ccc(CO)cc1)NCc1ccccc1F. The first-order chi connectivity index (χ1) is 10.7. The summed E-state index contributed by atoms with van der Waals surface area (Å²) in [6.45, 7) is 0.669. The molecule has 0 saturated carbocycles. The number of amides is 2. The lowest BCUT2D eigenvalue weighted by Crippen LogP contribution is -2.36. The van der Waals surface area contributed by atoms with Crippen molar-refractivity contribution in [2.45, 2.75) is 19.6 Å². The fraction of sp³-hybridized carbons (Fsp3) is 0.235. The van der Waals surface area contributed by atoms with Crippen molar-refractivity contribution >= 4 is 6.03 Å². The van der Waals surface area contributed by atoms with E-state index in [1.807, 2.05) is 24.3 Å². The normalized spacial score (nSPS) is 10.3. The van der Waals surface area contributed by atoms with Gasteiger partial charge in [0.25, 0.3) is 0 Å². The van der Waals surface area contributed by atoms with Gasteiger partial charge in [0, 0.05) is 18.7 Å². The van der Waals surface area contributed by atoms with Crippen LogP contribution in [0.25, 0.3) is 0 Å². The summed E-state index contributed by atoms with van der Waals surface area (Å²) in [7, 11) is 0. The summed E-state index contributed by atoms with van der Waals surface area (Å²) in [5.41, 5.74) is 2.39. The second-order valence-corrected chi connectivity index (χ2v) is 4.93. The van der Waals surface area contributed by atoms with Crippen LogP contribution in [-0.2, 0) is 19.6 Å². The molecule has 116 valence electrons. The molecule has 4 nitrogen and oxygen atoms in total. The zero-order valence-electron chi connectivity index (χ0n) is 12.2. The Hall–Kier alpha value is -2.40. The molecule has 5 heteroatoms. The molecule has 2 aromatic rings. The van der Waals surface area contributed by atoms with E-state index in [0.29, 0.717) is 18.5 Å². The average Bonchev–Trinajstić information content (AvgIpc) is 2.55. The molecule has 2 amide bonds. The Balaban J connectivity index is 1.70. The molecule has 0 aliphatic carbocycles. The average molecular weight is 302 g/mol. The van der Waals surface area contributed by atoms with Crippen LogP contribution in [0.5, 0.6) is 0 Å². The van der Waals surface area contributed by atoms with Gasteiger partial charge in [-0.05, 0) is 23.6 Å². The van der Waals surface area contributed by atoms with Gasteiger partial charge in [0.05, 0.1) is 6.61 Å². The van der Waals surface area contributed by atoms with Gasteiger partial charge in [-0.1, -0.05) is 42.5 Å². The van der Waals surface area contributed by atoms with Gasteiger partial charge in [0.15, 0.2) is 0 Å². The highest BCUT2D eigenvalue weighted by Crippen LogP contribution is 2.06. The van der Waals surface area contributed by atoms with Gasteiger partial charge in [-0.2, -0.15) is 0 Å². The highest BCUT2D eigenvalue weighted by molar-refractivity contribution is 5.73. The quantitative estimate of drug-likeness (QED) is 0.767. The van der Waals surface area contributed by atoms with Crippen molar-refractivity contribution in [2.75, 3.05) is 6.54 Å². The number of hydrogen-bond donors (Lipinski definition) is 3. The monoisotopic (exact) mass is 302 g/mol. The fourth-order valence-corrected chi connectivity index (χ4v) is 2.01. The van der Waals surface area contributed by atoms with E-state index < -0.39 is 0 Å². The number of nitrogens with one attached hydrogen (secondary N) is 2. The van der Waals surface area contributed by atoms with Crippen LogP contribution in [0, 0.1) is 5.82 Å². The molecule has 0 unspecified atom stereocenters. The summed E-state index contributed by atoms with van der Waals surface area (Å²) < 4.78 is 13.4. The Bertz CT molecular complexity index is 614. The summed E-state index contributed by atoms with van der Waals surface area (Å²) in [6.07, 6.45) is 0.693. The topological polar surface area (TPSA) is 61.4 Å². The van der Waals surface area contributed by atoms with E-state index in [1.165, 1.54) is 6.07 Å². The second-order valence-electron chi connectivity index (χ2n) is 4.93. The predicted octanol–water partition coefficient (Wildman–Crippen LogP) is 2.36. The summed E-state index contributed by atoms with van der Waals surface area (Å²) in [5, 5.41) is 14.3. The molecule has 0 aromatic heterocycles. The lowest BCUT2D eigenvalue weighted by Gasteiger charge is -2.08. The maximum Gasteiger partial charge on any atom is 0.315 e. The second kappa shape index (κ2) is 8.14. The molecule has 22 heavy (non-hydrogen) atoms. The minimum Gasteiger partial charge on any atom is -0.392 e. The fourth-order valence-electron chi connectivity index (χ4n) is 2.01. The summed E-state index contributed by atoms with van der Waals surface area (Å²) in [6, 6.07) is 13.6. The third-order valence-electron chi connectivity index (χ3n) is 3.30. The van der Waals surface area contributed by atoms with Gasteiger partial charge in [-0.15, -0.1) is 0 Å². The van der Waals surface area contributed by atoms with Gasteiger partial charge in [0.1, 0.15) is 5.82 Å². The van der Waals surface area contributed by atoms with Crippen LogP contribution in [-0.4, -0.2) is 17.7 Å². The van der Waals surface area contributed by atoms with Crippen molar-refractivity contribution in [1.82, 2.24) is 10.6 Å². The Kier molecular flexibility index (Phi) is 5.91. The van der Waals surface area contributed by atoms with E-state index in [2.05, 4.69) is 10.6 Å². The van der Waals surface area contributed by atoms with E-state index in [-0.39, 0.29) is 25.0 Å². The number of benzene rings is 2. The van der Waals surface area contributed by atoms with Crippen LogP contribution in [0.4, 0.5) is 9.18 Å². The first-order valence-corrected chi connectivity index (χ1v) is 7.13. The molecular formula is C17H19FN2O2. The smallest absolute Gasteiger partial charge is 0.315 e. The number of carbonyl (C=O) groups is 1. The zero-order chi connectivity index (χ0) is 15.8. The highest BCUT2D eigenvalue weighted by Gasteiger charge is 2.03. The van der Waals surface area contributed by atoms with Crippen molar-refractivity contribution in [3.05, 3.63) is 71.0 Å². The Labute approximate surface area is 129 Å². The maximum absolute atomic E-state index is 13.4. The molecule has 0 bridgehead atoms. The van der Waals surface area contributed by atoms with Gasteiger partial charge >= 0.3 is 6.03 Å². The van der Waals surface area contributed by atoms with Gasteiger partial charge in [-0.3, -0.25) is 0 Å². The van der Waals surface area contributed by atoms with E-state index in [0.717, 1.165) is 11.1 Å². The first kappa shape index (κ1) is 16.0. The number of halogens is 1. The minimum absolute atomic E-state index is 0.0248. The number of aliphatic hydroxyl groups is 1. The highest BCUT2D eigenvalue weighted by atomic mass is 19.1. The third-order valence-corrected chi connectivity index (χ3v) is 3.30. The maximum atomic E-state index is 13.4. The minimum atomic E-state index is -0.327. The molecule has 0 heterocycles. The largest absolute Gasteiger partial charge is 0.392 e. The van der Waals surface area contributed by atoms with Crippen LogP contribution in [0.15, 0.2) is 48.5 Å². The lowest BCUT2D eigenvalue weighted by atomic mass is 10.1. The van der Waals surface area contributed by atoms with Crippen LogP contribution >= 0.6 is 0 Å². The van der Waals surface area contributed by atoms with E-state index in [4.69, 9.17) is 5.11 Å². The molecule has 2 rings (SSSR count). The standard InChI is InChI=1S/C17H19FN2O2/c18-16-4-2-1-3-15(16)11-20-17(22)19-10-9-13-5-7-14(12-21)8-6-13/h1-8,21H,9-12H2,(H2,19,20,22). The molecule has 0 aliphatic heterocycles. The van der Waals surface area contributed by atoms with Crippen LogP contribution < -0.4 is 10.6 Å². The van der Waals surface area contributed by atoms with Gasteiger partial charge in [0.2, 0.25) is 0 Å². The molecule has 3 N–H and O–H groups in total. The predicted molar refractivity (Wildman–Crippen MR) is 82.7 cm³/mol. The Morgan fingerprint density at radius 2 is 1.68 bits per heavy atom. The van der Waals surface area contributed by atoms with Crippen LogP contribution in [0.1, 0.15) is 16.7 Å². The van der Waals surface area contributed by atoms with Gasteiger partial charge < -0.3 is 15.7 Å². The van der Waals surface area contributed by atoms with Gasteiger partial charge in [-0.25, -0.2) is 9.18 Å². The summed E-state index contributed by atoms with van der Waals surface area (Å²) >= 11 is 0. The van der Waals surface area contributed by atoms with Crippen molar-refractivity contribution in [3.63, 3.8) is 0 Å². The summed E-state index contributed by atoms with van der Waals surface area (Å²) in [5.74, 6) is -0.327. The number of aliphatic hydroxyl groups excluding tert-OH is 1. The molecule has 0 fully saturated rings. The first-order valence-electron chi connectivity index (χ1n) is 7.13. The number of rotatable bonds is 6. The summed E-state index contributed by atoms with van der Waals surface area (Å²) in [4.78, 5) is 11.6. The van der Waals surface area contributed by atoms with Crippen molar-refractivity contribution in [1.29, 1.82) is 0 Å². The number of urea groups is 1. The van der Waals surface area contributed by atoms with Crippen molar-refractivity contribution < 1.29 is 14.3 Å². The Morgan fingerprint density at radius 1 is 1.00 bits per heavy atom. The molecule has 0 saturated heterocycles. The van der Waals surface area contributed by atoms with Crippen LogP contribution in [0.3, 0.4) is 0 Å². The Morgan fingerprint density at radius 3 is 2.36 bits per heavy atom. The molecular weight excluding hydrogens is 283 g/mol. The molecule has 2 aromatic carbocycles.